The monoisotopic (exact) mass is 260 g/mol. The van der Waals surface area contributed by atoms with Gasteiger partial charge in [0.15, 0.2) is 11.5 Å². The van der Waals surface area contributed by atoms with Gasteiger partial charge >= 0.3 is 0 Å². The summed E-state index contributed by atoms with van der Waals surface area (Å²) in [6.45, 7) is 4.11. The summed E-state index contributed by atoms with van der Waals surface area (Å²) >= 11 is 5.66. The molecule has 0 spiro atoms. The molecule has 1 amide bonds. The highest BCUT2D eigenvalue weighted by atomic mass is 35.5. The molecule has 0 radical (unpaired) electrons. The van der Waals surface area contributed by atoms with E-state index in [1.54, 1.807) is 13.2 Å². The second kappa shape index (κ2) is 6.02. The third kappa shape index (κ3) is 4.36. The van der Waals surface area contributed by atoms with Crippen molar-refractivity contribution in [3.63, 3.8) is 0 Å². The van der Waals surface area contributed by atoms with Gasteiger partial charge in [-0.3, -0.25) is 4.79 Å². The van der Waals surface area contributed by atoms with Crippen molar-refractivity contribution in [3.8, 4) is 0 Å². The third-order valence-corrected chi connectivity index (χ3v) is 2.44. The number of ether oxygens (including phenoxy) is 1. The Labute approximate surface area is 105 Å². The average molecular weight is 261 g/mol. The molecule has 1 heterocycles. The molecule has 6 heteroatoms. The summed E-state index contributed by atoms with van der Waals surface area (Å²) in [5.74, 6) is 0.736. The Morgan fingerprint density at radius 3 is 2.94 bits per heavy atom. The predicted octanol–water partition coefficient (Wildman–Crippen LogP) is 1.96. The first-order chi connectivity index (χ1) is 7.98. The summed E-state index contributed by atoms with van der Waals surface area (Å²) in [4.78, 5) is 11.8. The molecule has 17 heavy (non-hydrogen) atoms. The van der Waals surface area contributed by atoms with Crippen molar-refractivity contribution in [2.75, 3.05) is 13.0 Å². The fraction of sp³-hybridized carbons (Fsp3) is 0.636. The minimum absolute atomic E-state index is 0.250. The summed E-state index contributed by atoms with van der Waals surface area (Å²) in [7, 11) is 1.55. The number of carbonyl (C=O) groups is 1. The third-order valence-electron chi connectivity index (χ3n) is 2.25. The van der Waals surface area contributed by atoms with Crippen LogP contribution in [0.15, 0.2) is 10.6 Å². The molecule has 0 bridgehead atoms. The number of hydrogen-bond acceptors (Lipinski definition) is 4. The number of halogens is 1. The van der Waals surface area contributed by atoms with E-state index in [0.29, 0.717) is 24.7 Å². The molecule has 1 aromatic rings. The van der Waals surface area contributed by atoms with Crippen molar-refractivity contribution >= 4 is 17.5 Å². The molecule has 0 aliphatic rings. The van der Waals surface area contributed by atoms with E-state index in [1.165, 1.54) is 0 Å². The highest BCUT2D eigenvalue weighted by molar-refractivity contribution is 6.17. The Morgan fingerprint density at radius 2 is 2.35 bits per heavy atom. The molecule has 1 N–H and O–H groups in total. The van der Waals surface area contributed by atoms with Gasteiger partial charge in [-0.25, -0.2) is 0 Å². The topological polar surface area (TPSA) is 64.4 Å². The maximum atomic E-state index is 11.8. The van der Waals surface area contributed by atoms with Gasteiger partial charge < -0.3 is 14.6 Å². The molecule has 96 valence electrons. The molecular formula is C11H17ClN2O3. The van der Waals surface area contributed by atoms with Crippen LogP contribution in [0.2, 0.25) is 0 Å². The van der Waals surface area contributed by atoms with Crippen LogP contribution in [0.3, 0.4) is 0 Å². The second-order valence-corrected chi connectivity index (χ2v) is 4.77. The minimum Gasteiger partial charge on any atom is -0.377 e. The quantitative estimate of drug-likeness (QED) is 0.794. The van der Waals surface area contributed by atoms with Crippen molar-refractivity contribution < 1.29 is 14.1 Å². The van der Waals surface area contributed by atoms with Crippen molar-refractivity contribution in [1.82, 2.24) is 10.5 Å². The van der Waals surface area contributed by atoms with Crippen LogP contribution in [-0.2, 0) is 11.3 Å². The zero-order chi connectivity index (χ0) is 12.9. The number of methoxy groups -OCH3 is 1. The zero-order valence-electron chi connectivity index (χ0n) is 10.2. The standard InChI is InChI=1S/C11H17ClN2O3/c1-11(2,4-5-12)13-10(15)9-6-8(7-16-3)17-14-9/h6H,4-5,7H2,1-3H3,(H,13,15). The van der Waals surface area contributed by atoms with Gasteiger partial charge in [-0.15, -0.1) is 11.6 Å². The molecule has 0 aliphatic heterocycles. The Balaban J connectivity index is 2.63. The molecule has 1 aromatic heterocycles. The first kappa shape index (κ1) is 14.0. The van der Waals surface area contributed by atoms with E-state index in [1.807, 2.05) is 13.8 Å². The fourth-order valence-electron chi connectivity index (χ4n) is 1.30. The number of nitrogens with zero attached hydrogens (tertiary/aromatic N) is 1. The molecule has 5 nitrogen and oxygen atoms in total. The number of rotatable bonds is 6. The van der Waals surface area contributed by atoms with Crippen LogP contribution in [0.25, 0.3) is 0 Å². The van der Waals surface area contributed by atoms with Gasteiger partial charge in [-0.2, -0.15) is 0 Å². The highest BCUT2D eigenvalue weighted by Gasteiger charge is 2.22. The van der Waals surface area contributed by atoms with Gasteiger partial charge in [0.05, 0.1) is 0 Å². The van der Waals surface area contributed by atoms with Crippen LogP contribution >= 0.6 is 11.6 Å². The zero-order valence-corrected chi connectivity index (χ0v) is 11.0. The number of alkyl halides is 1. The fourth-order valence-corrected chi connectivity index (χ4v) is 1.77. The van der Waals surface area contributed by atoms with Crippen LogP contribution in [0, 0.1) is 0 Å². The number of hydrogen-bond donors (Lipinski definition) is 1. The minimum atomic E-state index is -0.362. The van der Waals surface area contributed by atoms with Gasteiger partial charge in [0.2, 0.25) is 0 Å². The molecular weight excluding hydrogens is 244 g/mol. The van der Waals surface area contributed by atoms with Crippen LogP contribution in [-0.4, -0.2) is 29.6 Å². The average Bonchev–Trinajstić information content (AvgIpc) is 2.66. The number of aromatic nitrogens is 1. The van der Waals surface area contributed by atoms with E-state index in [0.717, 1.165) is 0 Å². The first-order valence-electron chi connectivity index (χ1n) is 5.31. The molecule has 0 saturated carbocycles. The van der Waals surface area contributed by atoms with Crippen molar-refractivity contribution in [2.24, 2.45) is 0 Å². The van der Waals surface area contributed by atoms with E-state index in [9.17, 15) is 4.79 Å². The van der Waals surface area contributed by atoms with Gasteiger partial charge in [-0.1, -0.05) is 5.16 Å². The lowest BCUT2D eigenvalue weighted by Crippen LogP contribution is -2.43. The van der Waals surface area contributed by atoms with Crippen LogP contribution < -0.4 is 5.32 Å². The van der Waals surface area contributed by atoms with E-state index >= 15 is 0 Å². The highest BCUT2D eigenvalue weighted by Crippen LogP contribution is 2.11. The van der Waals surface area contributed by atoms with Crippen LogP contribution in [0.1, 0.15) is 36.5 Å². The molecule has 1 rings (SSSR count). The smallest absolute Gasteiger partial charge is 0.273 e. The lowest BCUT2D eigenvalue weighted by molar-refractivity contribution is 0.0901. The van der Waals surface area contributed by atoms with E-state index in [2.05, 4.69) is 10.5 Å². The SMILES string of the molecule is COCc1cc(C(=O)NC(C)(C)CCCl)no1. The van der Waals surface area contributed by atoms with E-state index in [4.69, 9.17) is 20.9 Å². The first-order valence-corrected chi connectivity index (χ1v) is 5.85. The van der Waals surface area contributed by atoms with Gasteiger partial charge in [0.25, 0.3) is 5.91 Å². The Hall–Kier alpha value is -1.07. The van der Waals surface area contributed by atoms with Crippen LogP contribution in [0.4, 0.5) is 0 Å². The largest absolute Gasteiger partial charge is 0.377 e. The van der Waals surface area contributed by atoms with Crippen molar-refractivity contribution in [2.45, 2.75) is 32.4 Å². The summed E-state index contributed by atoms with van der Waals surface area (Å²) in [5, 5.41) is 6.52. The Kier molecular flexibility index (Phi) is 4.96. The summed E-state index contributed by atoms with van der Waals surface area (Å²) in [5.41, 5.74) is -0.112. The maximum Gasteiger partial charge on any atom is 0.273 e. The summed E-state index contributed by atoms with van der Waals surface area (Å²) in [6.07, 6.45) is 0.684. The van der Waals surface area contributed by atoms with Crippen molar-refractivity contribution in [1.29, 1.82) is 0 Å². The molecule has 0 aromatic carbocycles. The maximum absolute atomic E-state index is 11.8. The number of carbonyl (C=O) groups excluding carboxylic acids is 1. The van der Waals surface area contributed by atoms with Gasteiger partial charge in [0, 0.05) is 24.6 Å². The van der Waals surface area contributed by atoms with Crippen LogP contribution in [0.5, 0.6) is 0 Å². The summed E-state index contributed by atoms with van der Waals surface area (Å²) in [6, 6.07) is 1.57. The molecule has 0 atom stereocenters. The molecule has 0 unspecified atom stereocenters. The molecule has 0 saturated heterocycles. The molecule has 0 aliphatic carbocycles. The number of nitrogens with one attached hydrogen (secondary N) is 1. The number of amides is 1. The lowest BCUT2D eigenvalue weighted by Gasteiger charge is -2.24. The Bertz CT molecular complexity index is 377. The van der Waals surface area contributed by atoms with E-state index < -0.39 is 0 Å². The molecule has 0 fully saturated rings. The Morgan fingerprint density at radius 1 is 1.65 bits per heavy atom. The second-order valence-electron chi connectivity index (χ2n) is 4.39. The van der Waals surface area contributed by atoms with Gasteiger partial charge in [-0.05, 0) is 20.3 Å². The van der Waals surface area contributed by atoms with Gasteiger partial charge in [0.1, 0.15) is 6.61 Å². The van der Waals surface area contributed by atoms with E-state index in [-0.39, 0.29) is 17.1 Å². The predicted molar refractivity (Wildman–Crippen MR) is 64.1 cm³/mol. The lowest BCUT2D eigenvalue weighted by atomic mass is 10.0. The normalized spacial score (nSPS) is 11.5. The summed E-state index contributed by atoms with van der Waals surface area (Å²) < 4.78 is 9.82. The van der Waals surface area contributed by atoms with Crippen molar-refractivity contribution in [3.05, 3.63) is 17.5 Å².